The quantitative estimate of drug-likeness (QED) is 0.659. The summed E-state index contributed by atoms with van der Waals surface area (Å²) in [5.74, 6) is -1.04. The van der Waals surface area contributed by atoms with Gasteiger partial charge in [0.15, 0.2) is 0 Å². The Kier molecular flexibility index (Phi) is 5.31. The van der Waals surface area contributed by atoms with E-state index in [1.807, 2.05) is 29.2 Å². The fraction of sp³-hybridized carbons (Fsp3) is 0.464. The number of hydrogen-bond acceptors (Lipinski definition) is 4. The van der Waals surface area contributed by atoms with Gasteiger partial charge in [-0.05, 0) is 60.3 Å². The third kappa shape index (κ3) is 3.77. The van der Waals surface area contributed by atoms with E-state index in [0.717, 1.165) is 24.0 Å². The number of alkyl carbamates (subject to hydrolysis) is 1. The molecule has 7 nitrogen and oxygen atoms in total. The first-order chi connectivity index (χ1) is 17.0. The molecule has 2 N–H and O–H groups in total. The van der Waals surface area contributed by atoms with Gasteiger partial charge >= 0.3 is 12.1 Å². The fourth-order valence-electron chi connectivity index (χ4n) is 6.51. The van der Waals surface area contributed by atoms with E-state index in [0.29, 0.717) is 25.8 Å². The summed E-state index contributed by atoms with van der Waals surface area (Å²) in [6.45, 7) is 1.10. The second-order valence-electron chi connectivity index (χ2n) is 10.6. The summed E-state index contributed by atoms with van der Waals surface area (Å²) in [6.07, 6.45) is 3.30. The van der Waals surface area contributed by atoms with E-state index < -0.39 is 23.4 Å². The average Bonchev–Trinajstić information content (AvgIpc) is 3.62. The number of amides is 2. The first-order valence-corrected chi connectivity index (χ1v) is 12.6. The van der Waals surface area contributed by atoms with Crippen molar-refractivity contribution in [1.82, 2.24) is 10.2 Å². The zero-order valence-electron chi connectivity index (χ0n) is 19.6. The molecule has 182 valence electrons. The minimum Gasteiger partial charge on any atom is -0.481 e. The Bertz CT molecular complexity index is 1140. The van der Waals surface area contributed by atoms with E-state index in [4.69, 9.17) is 4.74 Å². The number of benzene rings is 2. The lowest BCUT2D eigenvalue weighted by Gasteiger charge is -2.49. The van der Waals surface area contributed by atoms with Crippen molar-refractivity contribution in [3.05, 3.63) is 59.7 Å². The van der Waals surface area contributed by atoms with Gasteiger partial charge in [-0.15, -0.1) is 0 Å². The number of carbonyl (C=O) groups is 3. The van der Waals surface area contributed by atoms with Gasteiger partial charge in [-0.25, -0.2) is 4.79 Å². The summed E-state index contributed by atoms with van der Waals surface area (Å²) in [7, 11) is 0. The van der Waals surface area contributed by atoms with Gasteiger partial charge in [0.1, 0.15) is 6.61 Å². The Hall–Kier alpha value is -3.35. The summed E-state index contributed by atoms with van der Waals surface area (Å²) in [5, 5.41) is 12.4. The molecule has 3 aliphatic carbocycles. The number of carboxylic acid groups (broad SMARTS) is 1. The van der Waals surface area contributed by atoms with Crippen molar-refractivity contribution in [2.45, 2.75) is 44.1 Å². The average molecular weight is 475 g/mol. The normalized spacial score (nSPS) is 25.5. The number of aliphatic carboxylic acids is 1. The zero-order valence-corrected chi connectivity index (χ0v) is 19.6. The van der Waals surface area contributed by atoms with E-state index in [1.165, 1.54) is 11.1 Å². The molecule has 0 radical (unpaired) electrons. The van der Waals surface area contributed by atoms with Crippen molar-refractivity contribution in [3.8, 4) is 11.1 Å². The highest BCUT2D eigenvalue weighted by molar-refractivity contribution is 5.87. The van der Waals surface area contributed by atoms with Gasteiger partial charge in [0.2, 0.25) is 5.91 Å². The van der Waals surface area contributed by atoms with E-state index in [-0.39, 0.29) is 36.9 Å². The van der Waals surface area contributed by atoms with Crippen LogP contribution in [0.25, 0.3) is 11.1 Å². The molecule has 2 bridgehead atoms. The van der Waals surface area contributed by atoms with Crippen molar-refractivity contribution in [1.29, 1.82) is 0 Å². The Balaban J connectivity index is 1.08. The molecule has 2 saturated heterocycles. The molecule has 0 spiro atoms. The van der Waals surface area contributed by atoms with Crippen LogP contribution in [0.3, 0.4) is 0 Å². The predicted octanol–water partition coefficient (Wildman–Crippen LogP) is 4.02. The van der Waals surface area contributed by atoms with Crippen LogP contribution in [0.5, 0.6) is 0 Å². The maximum atomic E-state index is 13.4. The third-order valence-corrected chi connectivity index (χ3v) is 8.58. The van der Waals surface area contributed by atoms with Crippen LogP contribution in [-0.4, -0.2) is 53.7 Å². The minimum absolute atomic E-state index is 0.00269. The highest BCUT2D eigenvalue weighted by Gasteiger charge is 2.56. The Morgan fingerprint density at radius 3 is 2.26 bits per heavy atom. The first kappa shape index (κ1) is 22.1. The lowest BCUT2D eigenvalue weighted by molar-refractivity contribution is -0.158. The van der Waals surface area contributed by atoms with Crippen molar-refractivity contribution >= 4 is 18.0 Å². The highest BCUT2D eigenvalue weighted by atomic mass is 16.5. The number of carbonyl (C=O) groups excluding carboxylic acids is 2. The van der Waals surface area contributed by atoms with Gasteiger partial charge in [-0.2, -0.15) is 0 Å². The number of carboxylic acids is 1. The van der Waals surface area contributed by atoms with E-state index in [9.17, 15) is 19.5 Å². The smallest absolute Gasteiger partial charge is 0.407 e. The van der Waals surface area contributed by atoms with Crippen LogP contribution in [0.15, 0.2) is 48.5 Å². The summed E-state index contributed by atoms with van der Waals surface area (Å²) in [6, 6.07) is 16.2. The Morgan fingerprint density at radius 1 is 1.00 bits per heavy atom. The van der Waals surface area contributed by atoms with Gasteiger partial charge in [-0.1, -0.05) is 48.5 Å². The maximum absolute atomic E-state index is 13.4. The molecule has 2 saturated carbocycles. The van der Waals surface area contributed by atoms with Crippen molar-refractivity contribution < 1.29 is 24.2 Å². The molecule has 3 atom stereocenters. The zero-order chi connectivity index (χ0) is 24.2. The van der Waals surface area contributed by atoms with Crippen molar-refractivity contribution in [2.24, 2.45) is 17.3 Å². The molecule has 35 heavy (non-hydrogen) atoms. The predicted molar refractivity (Wildman–Crippen MR) is 129 cm³/mol. The fourth-order valence-corrected chi connectivity index (χ4v) is 6.51. The molecular weight excluding hydrogens is 444 g/mol. The van der Waals surface area contributed by atoms with Crippen molar-refractivity contribution in [2.75, 3.05) is 19.7 Å². The topological polar surface area (TPSA) is 95.9 Å². The summed E-state index contributed by atoms with van der Waals surface area (Å²) in [4.78, 5) is 39.6. The van der Waals surface area contributed by atoms with Crippen molar-refractivity contribution in [3.63, 3.8) is 0 Å². The van der Waals surface area contributed by atoms with Gasteiger partial charge in [0.25, 0.3) is 0 Å². The van der Waals surface area contributed by atoms with Crippen LogP contribution in [0.2, 0.25) is 0 Å². The van der Waals surface area contributed by atoms with Crippen LogP contribution in [0, 0.1) is 17.3 Å². The molecule has 7 heteroatoms. The SMILES string of the molecule is O=C(NCC1(C(=O)N2CC3CCC2C(C(=O)O)C3)CC1)OCC1c2ccccc2-c2ccccc21. The Labute approximate surface area is 204 Å². The van der Waals surface area contributed by atoms with E-state index >= 15 is 0 Å². The number of piperidine rings is 2. The molecular formula is C28H30N2O5. The molecule has 2 aromatic rings. The number of nitrogens with one attached hydrogen (secondary N) is 1. The van der Waals surface area contributed by atoms with Gasteiger partial charge < -0.3 is 20.1 Å². The summed E-state index contributed by atoms with van der Waals surface area (Å²) < 4.78 is 5.63. The molecule has 0 aromatic heterocycles. The minimum atomic E-state index is -0.807. The van der Waals surface area contributed by atoms with Crippen LogP contribution < -0.4 is 5.32 Å². The second-order valence-corrected chi connectivity index (χ2v) is 10.6. The molecule has 7 rings (SSSR count). The highest BCUT2D eigenvalue weighted by Crippen LogP contribution is 2.50. The maximum Gasteiger partial charge on any atom is 0.407 e. The standard InChI is InChI=1S/C28H30N2O5/c31-25(32)22-13-17-9-10-24(22)30(14-17)26(33)28(11-12-28)16-29-27(34)35-15-23-20-7-3-1-5-18(20)19-6-2-4-8-21(19)23/h1-8,17,22-24H,9-16H2,(H,29,34)(H,31,32). The number of nitrogens with zero attached hydrogens (tertiary/aromatic N) is 1. The number of hydrogen-bond donors (Lipinski definition) is 2. The van der Waals surface area contributed by atoms with Crippen LogP contribution >= 0.6 is 0 Å². The molecule has 2 aliphatic heterocycles. The van der Waals surface area contributed by atoms with E-state index in [1.54, 1.807) is 0 Å². The first-order valence-electron chi connectivity index (χ1n) is 12.6. The lowest BCUT2D eigenvalue weighted by atomic mass is 9.72. The molecule has 2 amide bonds. The summed E-state index contributed by atoms with van der Waals surface area (Å²) >= 11 is 0. The Morgan fingerprint density at radius 2 is 1.66 bits per heavy atom. The molecule has 2 heterocycles. The monoisotopic (exact) mass is 474 g/mol. The molecule has 4 fully saturated rings. The lowest BCUT2D eigenvalue weighted by Crippen LogP contribution is -2.59. The van der Waals surface area contributed by atoms with Crippen LogP contribution in [-0.2, 0) is 14.3 Å². The molecule has 3 unspecified atom stereocenters. The second kappa shape index (κ2) is 8.40. The number of ether oxygens (including phenoxy) is 1. The molecule has 2 aromatic carbocycles. The number of rotatable bonds is 6. The molecule has 5 aliphatic rings. The van der Waals surface area contributed by atoms with Gasteiger partial charge in [0.05, 0.1) is 11.3 Å². The summed E-state index contributed by atoms with van der Waals surface area (Å²) in [5.41, 5.74) is 4.05. The van der Waals surface area contributed by atoms with Crippen LogP contribution in [0.4, 0.5) is 4.79 Å². The van der Waals surface area contributed by atoms with Crippen LogP contribution in [0.1, 0.15) is 49.1 Å². The van der Waals surface area contributed by atoms with Gasteiger partial charge in [-0.3, -0.25) is 9.59 Å². The van der Waals surface area contributed by atoms with E-state index in [2.05, 4.69) is 29.6 Å². The largest absolute Gasteiger partial charge is 0.481 e. The van der Waals surface area contributed by atoms with Gasteiger partial charge in [0, 0.05) is 25.0 Å². The number of fused-ring (bicyclic) bond motifs is 6. The third-order valence-electron chi connectivity index (χ3n) is 8.58.